The summed E-state index contributed by atoms with van der Waals surface area (Å²) in [6.45, 7) is 4.46. The van der Waals surface area contributed by atoms with E-state index in [0.29, 0.717) is 6.54 Å². The molecule has 1 saturated heterocycles. The molecule has 3 heterocycles. The van der Waals surface area contributed by atoms with E-state index in [2.05, 4.69) is 26.7 Å². The zero-order valence-electron chi connectivity index (χ0n) is 18.4. The summed E-state index contributed by atoms with van der Waals surface area (Å²) in [6, 6.07) is 14.0. The van der Waals surface area contributed by atoms with Crippen LogP contribution >= 0.6 is 11.6 Å². The number of piperazine rings is 1. The first kappa shape index (κ1) is 20.8. The van der Waals surface area contributed by atoms with Crippen molar-refractivity contribution in [2.75, 3.05) is 33.2 Å². The molecule has 8 heteroatoms. The summed E-state index contributed by atoms with van der Waals surface area (Å²) in [7, 11) is 3.85. The third-order valence-electron chi connectivity index (χ3n) is 6.35. The van der Waals surface area contributed by atoms with Gasteiger partial charge in [0.05, 0.1) is 17.6 Å². The smallest absolute Gasteiger partial charge is 0.320 e. The van der Waals surface area contributed by atoms with Crippen molar-refractivity contribution in [2.24, 2.45) is 7.05 Å². The van der Waals surface area contributed by atoms with Crippen molar-refractivity contribution in [3.05, 3.63) is 65.1 Å². The number of hydrogen-bond acceptors (Lipinski definition) is 3. The summed E-state index contributed by atoms with van der Waals surface area (Å²) < 4.78 is 2.06. The maximum atomic E-state index is 13.0. The van der Waals surface area contributed by atoms with E-state index in [-0.39, 0.29) is 6.03 Å². The number of aryl methyl sites for hydroxylation is 1. The molecule has 1 fully saturated rings. The number of benzene rings is 2. The van der Waals surface area contributed by atoms with Crippen LogP contribution in [-0.4, -0.2) is 68.5 Å². The lowest BCUT2D eigenvalue weighted by Gasteiger charge is -2.36. The molecule has 1 aliphatic rings. The number of carbonyl (C=O) groups excluding carboxylic acids is 1. The van der Waals surface area contributed by atoms with Crippen LogP contribution < -0.4 is 0 Å². The predicted molar refractivity (Wildman–Crippen MR) is 128 cm³/mol. The van der Waals surface area contributed by atoms with E-state index in [1.165, 1.54) is 5.56 Å². The zero-order chi connectivity index (χ0) is 22.2. The van der Waals surface area contributed by atoms with Crippen LogP contribution in [0.3, 0.4) is 0 Å². The Balaban J connectivity index is 1.19. The van der Waals surface area contributed by atoms with Crippen molar-refractivity contribution in [3.63, 3.8) is 0 Å². The number of imidazole rings is 1. The number of halogens is 1. The summed E-state index contributed by atoms with van der Waals surface area (Å²) >= 11 is 6.18. The molecule has 2 aromatic carbocycles. The zero-order valence-corrected chi connectivity index (χ0v) is 19.1. The van der Waals surface area contributed by atoms with Gasteiger partial charge < -0.3 is 19.4 Å². The van der Waals surface area contributed by atoms with Gasteiger partial charge in [-0.15, -0.1) is 0 Å². The first-order chi connectivity index (χ1) is 15.5. The van der Waals surface area contributed by atoms with Gasteiger partial charge >= 0.3 is 6.03 Å². The number of carbonyl (C=O) groups is 1. The fraction of sp³-hybridized carbons (Fsp3) is 0.333. The molecule has 0 aliphatic carbocycles. The molecular weight excluding hydrogens is 424 g/mol. The van der Waals surface area contributed by atoms with Crippen LogP contribution in [-0.2, 0) is 20.1 Å². The number of fused-ring (bicyclic) bond motifs is 2. The second-order valence-corrected chi connectivity index (χ2v) is 8.92. The van der Waals surface area contributed by atoms with Crippen molar-refractivity contribution in [2.45, 2.75) is 13.1 Å². The molecule has 1 N–H and O–H groups in total. The average molecular weight is 451 g/mol. The first-order valence-corrected chi connectivity index (χ1v) is 11.3. The molecule has 0 atom stereocenters. The van der Waals surface area contributed by atoms with Crippen LogP contribution in [0, 0.1) is 0 Å². The summed E-state index contributed by atoms with van der Waals surface area (Å²) in [4.78, 5) is 27.1. The molecule has 0 unspecified atom stereocenters. The van der Waals surface area contributed by atoms with Crippen molar-refractivity contribution < 1.29 is 4.79 Å². The number of aromatic nitrogens is 3. The highest BCUT2D eigenvalue weighted by Crippen LogP contribution is 2.24. The van der Waals surface area contributed by atoms with Gasteiger partial charge in [0.25, 0.3) is 0 Å². The van der Waals surface area contributed by atoms with Gasteiger partial charge in [0.2, 0.25) is 0 Å². The highest BCUT2D eigenvalue weighted by atomic mass is 35.5. The highest BCUT2D eigenvalue weighted by molar-refractivity contribution is 6.31. The van der Waals surface area contributed by atoms with Crippen molar-refractivity contribution in [1.29, 1.82) is 0 Å². The number of aromatic amines is 1. The quantitative estimate of drug-likeness (QED) is 0.509. The number of urea groups is 1. The minimum absolute atomic E-state index is 0.0515. The van der Waals surface area contributed by atoms with E-state index in [4.69, 9.17) is 16.6 Å². The second-order valence-electron chi connectivity index (χ2n) is 8.48. The molecule has 1 aliphatic heterocycles. The molecule has 0 saturated carbocycles. The van der Waals surface area contributed by atoms with Gasteiger partial charge in [0.15, 0.2) is 0 Å². The van der Waals surface area contributed by atoms with Gasteiger partial charge in [-0.05, 0) is 35.9 Å². The van der Waals surface area contributed by atoms with Crippen molar-refractivity contribution in [1.82, 2.24) is 29.2 Å². The fourth-order valence-corrected chi connectivity index (χ4v) is 4.65. The lowest BCUT2D eigenvalue weighted by atomic mass is 10.1. The van der Waals surface area contributed by atoms with Crippen LogP contribution in [0.1, 0.15) is 11.4 Å². The van der Waals surface area contributed by atoms with Gasteiger partial charge in [0.1, 0.15) is 5.82 Å². The predicted octanol–water partition coefficient (Wildman–Crippen LogP) is 4.08. The number of H-pyrrole nitrogens is 1. The lowest BCUT2D eigenvalue weighted by Crippen LogP contribution is -2.51. The Kier molecular flexibility index (Phi) is 5.53. The third-order valence-corrected chi connectivity index (χ3v) is 6.59. The van der Waals surface area contributed by atoms with Crippen LogP contribution in [0.4, 0.5) is 4.79 Å². The molecule has 0 bridgehead atoms. The molecule has 7 nitrogen and oxygen atoms in total. The Morgan fingerprint density at radius 1 is 1.16 bits per heavy atom. The molecule has 0 radical (unpaired) electrons. The molecule has 166 valence electrons. The van der Waals surface area contributed by atoms with E-state index >= 15 is 0 Å². The summed E-state index contributed by atoms with van der Waals surface area (Å²) in [5.41, 5.74) is 4.37. The number of rotatable bonds is 4. The summed E-state index contributed by atoms with van der Waals surface area (Å²) in [5.74, 6) is 0.888. The molecule has 2 aromatic heterocycles. The SMILES string of the molecule is CN(Cc1nc2ccccc2n1C)C(=O)N1CCN(Cc2c[nH]c3ccc(Cl)cc23)CC1. The van der Waals surface area contributed by atoms with Crippen LogP contribution in [0.25, 0.3) is 21.9 Å². The lowest BCUT2D eigenvalue weighted by molar-refractivity contribution is 0.113. The maximum Gasteiger partial charge on any atom is 0.320 e. The van der Waals surface area contributed by atoms with Crippen LogP contribution in [0.15, 0.2) is 48.7 Å². The van der Waals surface area contributed by atoms with Crippen molar-refractivity contribution in [3.8, 4) is 0 Å². The van der Waals surface area contributed by atoms with Crippen LogP contribution in [0.2, 0.25) is 5.02 Å². The molecule has 32 heavy (non-hydrogen) atoms. The van der Waals surface area contributed by atoms with Gasteiger partial charge in [-0.2, -0.15) is 0 Å². The average Bonchev–Trinajstić information content (AvgIpc) is 3.34. The van der Waals surface area contributed by atoms with E-state index < -0.39 is 0 Å². The van der Waals surface area contributed by atoms with E-state index in [0.717, 1.165) is 65.5 Å². The third kappa shape index (κ3) is 3.94. The summed E-state index contributed by atoms with van der Waals surface area (Å²) in [5, 5.41) is 1.91. The van der Waals surface area contributed by atoms with Crippen molar-refractivity contribution >= 4 is 39.6 Å². The molecule has 5 rings (SSSR count). The Hall–Kier alpha value is -3.03. The van der Waals surface area contributed by atoms with Gasteiger partial charge in [-0.25, -0.2) is 9.78 Å². The number of nitrogens with zero attached hydrogens (tertiary/aromatic N) is 5. The van der Waals surface area contributed by atoms with E-state index in [1.807, 2.05) is 55.4 Å². The topological polar surface area (TPSA) is 60.4 Å². The Morgan fingerprint density at radius 2 is 1.94 bits per heavy atom. The molecule has 4 aromatic rings. The van der Waals surface area contributed by atoms with Gasteiger partial charge in [-0.1, -0.05) is 23.7 Å². The second kappa shape index (κ2) is 8.48. The number of nitrogens with one attached hydrogen (secondary N) is 1. The minimum atomic E-state index is 0.0515. The van der Waals surface area contributed by atoms with Gasteiger partial charge in [-0.3, -0.25) is 4.90 Å². The Morgan fingerprint density at radius 3 is 2.72 bits per heavy atom. The monoisotopic (exact) mass is 450 g/mol. The van der Waals surface area contributed by atoms with Gasteiger partial charge in [0, 0.05) is 68.9 Å². The minimum Gasteiger partial charge on any atom is -0.361 e. The number of para-hydroxylation sites is 2. The summed E-state index contributed by atoms with van der Waals surface area (Å²) in [6.07, 6.45) is 2.06. The molecular formula is C24H27ClN6O. The largest absolute Gasteiger partial charge is 0.361 e. The highest BCUT2D eigenvalue weighted by Gasteiger charge is 2.25. The number of hydrogen-bond donors (Lipinski definition) is 1. The first-order valence-electron chi connectivity index (χ1n) is 10.9. The fourth-order valence-electron chi connectivity index (χ4n) is 4.48. The Labute approximate surface area is 192 Å². The Bertz CT molecular complexity index is 1270. The van der Waals surface area contributed by atoms with E-state index in [9.17, 15) is 4.79 Å². The van der Waals surface area contributed by atoms with Crippen LogP contribution in [0.5, 0.6) is 0 Å². The molecule has 2 amide bonds. The van der Waals surface area contributed by atoms with E-state index in [1.54, 1.807) is 4.90 Å². The normalized spacial score (nSPS) is 15.0. The standard InChI is InChI=1S/C24H27ClN6O/c1-28(16-23-27-21-5-3-4-6-22(21)29(23)2)24(32)31-11-9-30(10-12-31)15-17-14-26-20-8-7-18(25)13-19(17)20/h3-8,13-14,26H,9-12,15-16H2,1-2H3. The molecule has 0 spiro atoms. The number of amides is 2. The maximum absolute atomic E-state index is 13.0.